The number of fused-ring (bicyclic) bond motifs is 1. The van der Waals surface area contributed by atoms with E-state index in [0.717, 1.165) is 10.5 Å². The third-order valence-electron chi connectivity index (χ3n) is 4.12. The topological polar surface area (TPSA) is 66.5 Å². The van der Waals surface area contributed by atoms with Crippen LogP contribution in [0.2, 0.25) is 0 Å². The molecule has 0 saturated carbocycles. The number of carbonyl (C=O) groups excluding carboxylic acids is 3. The van der Waals surface area contributed by atoms with Crippen LogP contribution >= 0.6 is 15.9 Å². The molecule has 0 aromatic heterocycles. The summed E-state index contributed by atoms with van der Waals surface area (Å²) in [5.41, 5.74) is 1.79. The zero-order chi connectivity index (χ0) is 18.8. The second kappa shape index (κ2) is 7.37. The minimum atomic E-state index is -0.538. The van der Waals surface area contributed by atoms with Crippen LogP contribution in [-0.4, -0.2) is 29.2 Å². The van der Waals surface area contributed by atoms with Gasteiger partial charge in [0.2, 0.25) is 5.91 Å². The molecule has 1 aliphatic rings. The number of aryl methyl sites for hydroxylation is 1. The molecular weight excluding hydrogens is 403 g/mol. The molecule has 0 radical (unpaired) electrons. The molecule has 0 bridgehead atoms. The van der Waals surface area contributed by atoms with Crippen LogP contribution in [0, 0.1) is 12.7 Å². The van der Waals surface area contributed by atoms with E-state index in [-0.39, 0.29) is 36.4 Å². The van der Waals surface area contributed by atoms with Crippen LogP contribution in [0.3, 0.4) is 0 Å². The van der Waals surface area contributed by atoms with Gasteiger partial charge in [0, 0.05) is 17.4 Å². The van der Waals surface area contributed by atoms with Crippen molar-refractivity contribution in [2.45, 2.75) is 19.8 Å². The number of benzene rings is 2. The summed E-state index contributed by atoms with van der Waals surface area (Å²) in [4.78, 5) is 37.8. The molecule has 3 amide bonds. The van der Waals surface area contributed by atoms with E-state index in [0.29, 0.717) is 22.0 Å². The third kappa shape index (κ3) is 3.67. The van der Waals surface area contributed by atoms with Crippen LogP contribution in [0.15, 0.2) is 40.9 Å². The lowest BCUT2D eigenvalue weighted by atomic mass is 10.1. The van der Waals surface area contributed by atoms with Crippen molar-refractivity contribution in [2.75, 3.05) is 11.9 Å². The molecule has 0 unspecified atom stereocenters. The highest BCUT2D eigenvalue weighted by Gasteiger charge is 2.34. The molecule has 1 aliphatic heterocycles. The molecule has 134 valence electrons. The molecule has 26 heavy (non-hydrogen) atoms. The van der Waals surface area contributed by atoms with Crippen molar-refractivity contribution in [3.8, 4) is 0 Å². The summed E-state index contributed by atoms with van der Waals surface area (Å²) < 4.78 is 14.3. The van der Waals surface area contributed by atoms with Crippen LogP contribution in [0.5, 0.6) is 0 Å². The lowest BCUT2D eigenvalue weighted by molar-refractivity contribution is -0.116. The van der Waals surface area contributed by atoms with E-state index >= 15 is 0 Å². The maximum absolute atomic E-state index is 13.7. The molecule has 0 aliphatic carbocycles. The van der Waals surface area contributed by atoms with Crippen molar-refractivity contribution in [3.63, 3.8) is 0 Å². The Morgan fingerprint density at radius 2 is 1.85 bits per heavy atom. The Hall–Kier alpha value is -2.54. The smallest absolute Gasteiger partial charge is 0.261 e. The number of nitrogens with one attached hydrogen (secondary N) is 1. The monoisotopic (exact) mass is 418 g/mol. The number of hydrogen-bond acceptors (Lipinski definition) is 3. The van der Waals surface area contributed by atoms with Crippen molar-refractivity contribution < 1.29 is 18.8 Å². The molecule has 5 nitrogen and oxygen atoms in total. The average molecular weight is 419 g/mol. The predicted octanol–water partition coefficient (Wildman–Crippen LogP) is 3.91. The van der Waals surface area contributed by atoms with Gasteiger partial charge in [-0.15, -0.1) is 0 Å². The lowest BCUT2D eigenvalue weighted by Gasteiger charge is -2.13. The minimum absolute atomic E-state index is 0.0714. The fraction of sp³-hybridized carbons (Fsp3) is 0.211. The summed E-state index contributed by atoms with van der Waals surface area (Å²) in [6.45, 7) is 1.99. The Morgan fingerprint density at radius 3 is 2.58 bits per heavy atom. The van der Waals surface area contributed by atoms with Crippen LogP contribution in [0.25, 0.3) is 0 Å². The summed E-state index contributed by atoms with van der Waals surface area (Å²) in [6, 6.07) is 9.47. The molecule has 7 heteroatoms. The third-order valence-corrected chi connectivity index (χ3v) is 4.61. The van der Waals surface area contributed by atoms with Gasteiger partial charge in [0.1, 0.15) is 5.82 Å². The van der Waals surface area contributed by atoms with Crippen LogP contribution < -0.4 is 5.32 Å². The van der Waals surface area contributed by atoms with E-state index in [1.807, 2.05) is 6.92 Å². The molecule has 1 N–H and O–H groups in total. The number of hydrogen-bond donors (Lipinski definition) is 1. The number of rotatable bonds is 5. The second-order valence-electron chi connectivity index (χ2n) is 6.09. The van der Waals surface area contributed by atoms with Crippen molar-refractivity contribution in [2.24, 2.45) is 0 Å². The van der Waals surface area contributed by atoms with Crippen molar-refractivity contribution in [3.05, 3.63) is 63.4 Å². The zero-order valence-corrected chi connectivity index (χ0v) is 15.6. The van der Waals surface area contributed by atoms with Crippen LogP contribution in [0.4, 0.5) is 10.1 Å². The van der Waals surface area contributed by atoms with Gasteiger partial charge in [-0.3, -0.25) is 19.3 Å². The van der Waals surface area contributed by atoms with Gasteiger partial charge >= 0.3 is 0 Å². The minimum Gasteiger partial charge on any atom is -0.324 e. The van der Waals surface area contributed by atoms with Gasteiger partial charge < -0.3 is 5.32 Å². The van der Waals surface area contributed by atoms with Crippen LogP contribution in [-0.2, 0) is 4.79 Å². The summed E-state index contributed by atoms with van der Waals surface area (Å²) in [5, 5.41) is 2.49. The number of carbonyl (C=O) groups is 3. The molecule has 0 saturated heterocycles. The fourth-order valence-corrected chi connectivity index (χ4v) is 3.14. The van der Waals surface area contributed by atoms with E-state index in [1.165, 1.54) is 12.1 Å². The molecule has 2 aromatic carbocycles. The van der Waals surface area contributed by atoms with E-state index < -0.39 is 5.82 Å². The Bertz CT molecular complexity index is 914. The van der Waals surface area contributed by atoms with Gasteiger partial charge in [0.25, 0.3) is 11.8 Å². The first kappa shape index (κ1) is 18.3. The van der Waals surface area contributed by atoms with E-state index in [9.17, 15) is 18.8 Å². The Labute approximate surface area is 158 Å². The summed E-state index contributed by atoms with van der Waals surface area (Å²) in [7, 11) is 0. The summed E-state index contributed by atoms with van der Waals surface area (Å²) in [5.74, 6) is -1.60. The number of nitrogens with zero attached hydrogens (tertiary/aromatic N) is 1. The predicted molar refractivity (Wildman–Crippen MR) is 98.5 cm³/mol. The van der Waals surface area contributed by atoms with E-state index in [2.05, 4.69) is 21.2 Å². The van der Waals surface area contributed by atoms with Gasteiger partial charge in [-0.1, -0.05) is 27.6 Å². The molecule has 1 heterocycles. The summed E-state index contributed by atoms with van der Waals surface area (Å²) in [6.07, 6.45) is 0.371. The Kier molecular flexibility index (Phi) is 5.18. The normalized spacial score (nSPS) is 13.1. The van der Waals surface area contributed by atoms with Gasteiger partial charge in [0.05, 0.1) is 16.8 Å². The molecule has 0 spiro atoms. The quantitative estimate of drug-likeness (QED) is 0.748. The molecule has 2 aromatic rings. The van der Waals surface area contributed by atoms with Gasteiger partial charge in [-0.05, 0) is 43.7 Å². The molecule has 0 atom stereocenters. The highest BCUT2D eigenvalue weighted by Crippen LogP contribution is 2.24. The molecule has 0 fully saturated rings. The maximum atomic E-state index is 13.7. The highest BCUT2D eigenvalue weighted by molar-refractivity contribution is 9.10. The van der Waals surface area contributed by atoms with Gasteiger partial charge in [-0.2, -0.15) is 0 Å². The fourth-order valence-electron chi connectivity index (χ4n) is 2.81. The van der Waals surface area contributed by atoms with Crippen LogP contribution in [0.1, 0.15) is 39.1 Å². The first-order valence-electron chi connectivity index (χ1n) is 8.08. The van der Waals surface area contributed by atoms with Crippen molar-refractivity contribution >= 4 is 39.3 Å². The number of imide groups is 1. The standard InChI is InChI=1S/C19H16BrFN2O3/c1-11-4-6-13-14(9-11)19(26)23(18(13)25)8-2-3-17(24)22-16-7-5-12(20)10-15(16)21/h4-7,9-10H,2-3,8H2,1H3,(H,22,24). The lowest BCUT2D eigenvalue weighted by Crippen LogP contribution is -2.31. The summed E-state index contributed by atoms with van der Waals surface area (Å²) >= 11 is 3.15. The number of anilines is 1. The zero-order valence-electron chi connectivity index (χ0n) is 14.0. The molecule has 3 rings (SSSR count). The number of amides is 3. The van der Waals surface area contributed by atoms with Crippen molar-refractivity contribution in [1.82, 2.24) is 4.90 Å². The van der Waals surface area contributed by atoms with E-state index in [4.69, 9.17) is 0 Å². The second-order valence-corrected chi connectivity index (χ2v) is 7.00. The molecular formula is C19H16BrFN2O3. The van der Waals surface area contributed by atoms with Gasteiger partial charge in [0.15, 0.2) is 0 Å². The first-order chi connectivity index (χ1) is 12.4. The first-order valence-corrected chi connectivity index (χ1v) is 8.88. The Balaban J connectivity index is 1.56. The van der Waals surface area contributed by atoms with Gasteiger partial charge in [-0.25, -0.2) is 4.39 Å². The number of halogens is 2. The van der Waals surface area contributed by atoms with E-state index in [1.54, 1.807) is 24.3 Å². The Morgan fingerprint density at radius 1 is 1.12 bits per heavy atom. The average Bonchev–Trinajstić information content (AvgIpc) is 2.82. The largest absolute Gasteiger partial charge is 0.324 e. The maximum Gasteiger partial charge on any atom is 0.261 e. The SMILES string of the molecule is Cc1ccc2c(c1)C(=O)N(CCCC(=O)Nc1ccc(Br)cc1F)C2=O. The van der Waals surface area contributed by atoms with Crippen molar-refractivity contribution in [1.29, 1.82) is 0 Å². The highest BCUT2D eigenvalue weighted by atomic mass is 79.9.